The monoisotopic (exact) mass is 374 g/mol. The molecule has 1 atom stereocenters. The minimum Gasteiger partial charge on any atom is -0.358 e. The molecule has 0 nitrogen and oxygen atoms in total. The van der Waals surface area contributed by atoms with Gasteiger partial charge in [-0.15, -0.1) is 0 Å². The second kappa shape index (κ2) is 10.6. The minimum absolute atomic E-state index is 0. The Morgan fingerprint density at radius 1 is 1.00 bits per heavy atom. The van der Waals surface area contributed by atoms with E-state index in [1.54, 1.807) is 21.9 Å². The molecule has 0 amide bonds. The molecule has 2 heteroatoms. The van der Waals surface area contributed by atoms with Gasteiger partial charge in [-0.3, -0.25) is 0 Å². The van der Waals surface area contributed by atoms with E-state index in [1.165, 1.54) is 31.7 Å². The quantitative estimate of drug-likeness (QED) is 0.436. The molecule has 0 saturated heterocycles. The van der Waals surface area contributed by atoms with Gasteiger partial charge < -0.3 is 22.3 Å². The van der Waals surface area contributed by atoms with E-state index in [2.05, 4.69) is 56.4 Å². The maximum absolute atomic E-state index is 3.80. The number of hydrogen-bond donors (Lipinski definition) is 0. The molecule has 0 saturated carbocycles. The van der Waals surface area contributed by atoms with Gasteiger partial charge in [0.15, 0.2) is 0 Å². The van der Waals surface area contributed by atoms with Crippen LogP contribution in [0.1, 0.15) is 32.6 Å². The van der Waals surface area contributed by atoms with Crippen LogP contribution in [0.3, 0.4) is 0 Å². The van der Waals surface area contributed by atoms with Crippen molar-refractivity contribution in [3.8, 4) is 0 Å². The van der Waals surface area contributed by atoms with Gasteiger partial charge in [0, 0.05) is 0 Å². The average Bonchev–Trinajstić information content (AvgIpc) is 2.76. The van der Waals surface area contributed by atoms with E-state index in [9.17, 15) is 0 Å². The Bertz CT molecular complexity index is 555. The van der Waals surface area contributed by atoms with Crippen LogP contribution in [0.15, 0.2) is 47.1 Å². The molecular formula is C22H34SiTi. The van der Waals surface area contributed by atoms with Crippen LogP contribution < -0.4 is 5.19 Å². The fraction of sp³-hybridized carbons (Fsp3) is 0.409. The second-order valence-corrected chi connectivity index (χ2v) is 11.7. The van der Waals surface area contributed by atoms with Gasteiger partial charge in [0.2, 0.25) is 0 Å². The molecular weight excluding hydrogens is 340 g/mol. The predicted molar refractivity (Wildman–Crippen MR) is 109 cm³/mol. The zero-order valence-corrected chi connectivity index (χ0v) is 19.1. The fourth-order valence-corrected chi connectivity index (χ4v) is 6.37. The third-order valence-electron chi connectivity index (χ3n) is 5.05. The van der Waals surface area contributed by atoms with E-state index in [0.717, 1.165) is 0 Å². The molecule has 2 aliphatic rings. The smallest absolute Gasteiger partial charge is 0.358 e. The van der Waals surface area contributed by atoms with E-state index in [-0.39, 0.29) is 44.0 Å². The Balaban J connectivity index is 0. The molecule has 0 heterocycles. The first-order valence-electron chi connectivity index (χ1n) is 7.98. The van der Waals surface area contributed by atoms with Crippen molar-refractivity contribution in [1.29, 1.82) is 0 Å². The molecule has 3 rings (SSSR count). The summed E-state index contributed by atoms with van der Waals surface area (Å²) in [5.74, 6) is 0.667. The fourth-order valence-electron chi connectivity index (χ4n) is 3.73. The summed E-state index contributed by atoms with van der Waals surface area (Å²) in [6, 6.07) is 12.4. The van der Waals surface area contributed by atoms with Gasteiger partial charge >= 0.3 is 21.7 Å². The maximum Gasteiger partial charge on any atom is 4.00 e. The molecule has 0 radical (unpaired) electrons. The molecule has 1 aromatic rings. The van der Waals surface area contributed by atoms with Crippen LogP contribution in [0.4, 0.5) is 0 Å². The number of benzene rings is 1. The first kappa shape index (κ1) is 25.9. The van der Waals surface area contributed by atoms with E-state index in [0.29, 0.717) is 5.92 Å². The molecule has 0 spiro atoms. The number of allylic oxidation sites excluding steroid dienone is 4. The zero-order chi connectivity index (χ0) is 14.2. The Labute approximate surface area is 167 Å². The second-order valence-electron chi connectivity index (χ2n) is 7.01. The molecule has 1 unspecified atom stereocenters. The third-order valence-corrected chi connectivity index (χ3v) is 8.22. The first-order chi connectivity index (χ1) is 9.58. The number of hydrogen-bond acceptors (Lipinski definition) is 0. The SMILES string of the molecule is CC1C(C[Si](C)(C)c2ccccc2)=[C-]C2=C1CCCC2.[CH3-].[CH3-].[CH3-].[Ti+4]. The third kappa shape index (κ3) is 5.31. The summed E-state index contributed by atoms with van der Waals surface area (Å²) in [4.78, 5) is 0. The molecule has 0 aliphatic heterocycles. The molecule has 24 heavy (non-hydrogen) atoms. The summed E-state index contributed by atoms with van der Waals surface area (Å²) in [7, 11) is -1.38. The molecule has 2 aliphatic carbocycles. The van der Waals surface area contributed by atoms with Gasteiger partial charge in [-0.05, 0) is 0 Å². The molecule has 0 bridgehead atoms. The Hall–Kier alpha value is -0.369. The van der Waals surface area contributed by atoms with Crippen LogP contribution in [0.2, 0.25) is 19.1 Å². The van der Waals surface area contributed by atoms with Crippen molar-refractivity contribution < 1.29 is 21.7 Å². The summed E-state index contributed by atoms with van der Waals surface area (Å²) in [5, 5.41) is 1.58. The van der Waals surface area contributed by atoms with Gasteiger partial charge in [0.1, 0.15) is 0 Å². The number of rotatable bonds is 3. The summed E-state index contributed by atoms with van der Waals surface area (Å²) in [6.45, 7) is 7.41. The van der Waals surface area contributed by atoms with Crippen molar-refractivity contribution in [3.63, 3.8) is 0 Å². The van der Waals surface area contributed by atoms with Crippen molar-refractivity contribution in [2.75, 3.05) is 0 Å². The summed E-state index contributed by atoms with van der Waals surface area (Å²) < 4.78 is 0. The molecule has 0 N–H and O–H groups in total. The van der Waals surface area contributed by atoms with Crippen LogP contribution in [-0.4, -0.2) is 8.07 Å². The van der Waals surface area contributed by atoms with Gasteiger partial charge in [-0.1, -0.05) is 93.2 Å². The standard InChI is InChI=1S/C19H25Si.3CH3.Ti/c1-15-17(13-16-9-7-8-12-19(15)16)14-20(2,3)18-10-5-4-6-11-18;;;;/h4-6,10-11,15H,7-9,12,14H2,1-3H3;3*1H3;/q4*-1;+4. The van der Waals surface area contributed by atoms with Crippen LogP contribution in [0.5, 0.6) is 0 Å². The van der Waals surface area contributed by atoms with Crippen LogP contribution >= 0.6 is 0 Å². The Morgan fingerprint density at radius 3 is 2.17 bits per heavy atom. The van der Waals surface area contributed by atoms with Crippen LogP contribution in [-0.2, 0) is 21.7 Å². The minimum atomic E-state index is -1.38. The maximum atomic E-state index is 3.80. The topological polar surface area (TPSA) is 0 Å². The van der Waals surface area contributed by atoms with Crippen LogP contribution in [0.25, 0.3) is 0 Å². The largest absolute Gasteiger partial charge is 4.00 e. The van der Waals surface area contributed by atoms with Crippen molar-refractivity contribution in [1.82, 2.24) is 0 Å². The molecule has 1 aromatic carbocycles. The van der Waals surface area contributed by atoms with Gasteiger partial charge in [-0.25, -0.2) is 17.2 Å². The van der Waals surface area contributed by atoms with Gasteiger partial charge in [-0.2, -0.15) is 5.57 Å². The molecule has 0 fully saturated rings. The summed E-state index contributed by atoms with van der Waals surface area (Å²) in [5.41, 5.74) is 4.87. The summed E-state index contributed by atoms with van der Waals surface area (Å²) in [6.07, 6.45) is 9.15. The van der Waals surface area contributed by atoms with Gasteiger partial charge in [0.05, 0.1) is 8.07 Å². The van der Waals surface area contributed by atoms with E-state index >= 15 is 0 Å². The van der Waals surface area contributed by atoms with E-state index in [4.69, 9.17) is 0 Å². The zero-order valence-electron chi connectivity index (χ0n) is 16.5. The normalized spacial score (nSPS) is 19.0. The van der Waals surface area contributed by atoms with E-state index in [1.807, 2.05) is 0 Å². The van der Waals surface area contributed by atoms with Gasteiger partial charge in [0.25, 0.3) is 0 Å². The Morgan fingerprint density at radius 2 is 1.58 bits per heavy atom. The van der Waals surface area contributed by atoms with Crippen LogP contribution in [0, 0.1) is 34.3 Å². The van der Waals surface area contributed by atoms with Crippen molar-refractivity contribution in [2.45, 2.75) is 51.7 Å². The first-order valence-corrected chi connectivity index (χ1v) is 11.2. The predicted octanol–water partition coefficient (Wildman–Crippen LogP) is 6.20. The van der Waals surface area contributed by atoms with E-state index < -0.39 is 8.07 Å². The van der Waals surface area contributed by atoms with Crippen molar-refractivity contribution in [2.24, 2.45) is 5.92 Å². The van der Waals surface area contributed by atoms with Crippen molar-refractivity contribution >= 4 is 13.3 Å². The van der Waals surface area contributed by atoms with Crippen molar-refractivity contribution in [3.05, 3.63) is 75.4 Å². The summed E-state index contributed by atoms with van der Waals surface area (Å²) >= 11 is 0. The average molecular weight is 374 g/mol. The molecule has 0 aromatic heterocycles. The molecule has 130 valence electrons. The Kier molecular flexibility index (Phi) is 11.4.